The Morgan fingerprint density at radius 2 is 1.82 bits per heavy atom. The van der Waals surface area contributed by atoms with E-state index in [2.05, 4.69) is 10.3 Å². The predicted octanol–water partition coefficient (Wildman–Crippen LogP) is 3.98. The second kappa shape index (κ2) is 9.62. The third-order valence-electron chi connectivity index (χ3n) is 4.20. The van der Waals surface area contributed by atoms with Crippen LogP contribution in [-0.2, 0) is 23.1 Å². The van der Waals surface area contributed by atoms with E-state index in [4.69, 9.17) is 13.9 Å². The van der Waals surface area contributed by atoms with Gasteiger partial charge >= 0.3 is 0 Å². The first-order valence-electron chi connectivity index (χ1n) is 9.86. The first-order chi connectivity index (χ1) is 13.2. The lowest BCUT2D eigenvalue weighted by Gasteiger charge is -2.13. The summed E-state index contributed by atoms with van der Waals surface area (Å²) in [6.45, 7) is 13.6. The van der Waals surface area contributed by atoms with E-state index in [1.165, 1.54) is 0 Å². The SMILES string of the molecule is CCOc1ccc(CCNC(=O)Cc2oc(C(C)(C)C)nc2C)cc1OCC. The van der Waals surface area contributed by atoms with Gasteiger partial charge in [-0.15, -0.1) is 0 Å². The Labute approximate surface area is 167 Å². The summed E-state index contributed by atoms with van der Waals surface area (Å²) in [4.78, 5) is 16.7. The molecule has 0 atom stereocenters. The van der Waals surface area contributed by atoms with Crippen LogP contribution in [0.1, 0.15) is 57.5 Å². The van der Waals surface area contributed by atoms with E-state index in [-0.39, 0.29) is 17.7 Å². The third-order valence-corrected chi connectivity index (χ3v) is 4.20. The van der Waals surface area contributed by atoms with Crippen LogP contribution in [0.5, 0.6) is 11.5 Å². The molecule has 0 aliphatic carbocycles. The van der Waals surface area contributed by atoms with Crippen LogP contribution in [0.2, 0.25) is 0 Å². The molecule has 0 bridgehead atoms. The van der Waals surface area contributed by atoms with Gasteiger partial charge in [-0.25, -0.2) is 4.98 Å². The summed E-state index contributed by atoms with van der Waals surface area (Å²) in [5, 5.41) is 2.95. The summed E-state index contributed by atoms with van der Waals surface area (Å²) in [5.41, 5.74) is 1.68. The summed E-state index contributed by atoms with van der Waals surface area (Å²) in [6, 6.07) is 5.88. The fourth-order valence-corrected chi connectivity index (χ4v) is 2.72. The average molecular weight is 389 g/mol. The van der Waals surface area contributed by atoms with Gasteiger partial charge in [0.15, 0.2) is 17.4 Å². The molecule has 2 rings (SSSR count). The minimum Gasteiger partial charge on any atom is -0.490 e. The Morgan fingerprint density at radius 1 is 1.14 bits per heavy atom. The molecule has 1 N–H and O–H groups in total. The van der Waals surface area contributed by atoms with Crippen LogP contribution >= 0.6 is 0 Å². The zero-order valence-electron chi connectivity index (χ0n) is 17.8. The number of aryl methyl sites for hydroxylation is 1. The maximum Gasteiger partial charge on any atom is 0.227 e. The van der Waals surface area contributed by atoms with Crippen LogP contribution in [0.4, 0.5) is 0 Å². The summed E-state index contributed by atoms with van der Waals surface area (Å²) in [7, 11) is 0. The number of carbonyl (C=O) groups excluding carboxylic acids is 1. The molecule has 2 aromatic rings. The Bertz CT molecular complexity index is 790. The Morgan fingerprint density at radius 3 is 2.43 bits per heavy atom. The maximum atomic E-state index is 12.3. The first kappa shape index (κ1) is 21.8. The largest absolute Gasteiger partial charge is 0.490 e. The van der Waals surface area contributed by atoms with Crippen LogP contribution in [0.25, 0.3) is 0 Å². The van der Waals surface area contributed by atoms with Gasteiger partial charge in [0.05, 0.1) is 25.3 Å². The van der Waals surface area contributed by atoms with Crippen molar-refractivity contribution in [3.05, 3.63) is 41.1 Å². The van der Waals surface area contributed by atoms with Gasteiger partial charge in [-0.1, -0.05) is 26.8 Å². The number of hydrogen-bond donors (Lipinski definition) is 1. The topological polar surface area (TPSA) is 73.6 Å². The van der Waals surface area contributed by atoms with E-state index in [1.54, 1.807) is 0 Å². The quantitative estimate of drug-likeness (QED) is 0.703. The van der Waals surface area contributed by atoms with Gasteiger partial charge in [0.25, 0.3) is 0 Å². The van der Waals surface area contributed by atoms with Gasteiger partial charge in [0, 0.05) is 12.0 Å². The van der Waals surface area contributed by atoms with Gasteiger partial charge in [0.2, 0.25) is 5.91 Å². The molecule has 1 amide bonds. The molecule has 0 aliphatic rings. The molecule has 28 heavy (non-hydrogen) atoms. The lowest BCUT2D eigenvalue weighted by Crippen LogP contribution is -2.27. The van der Waals surface area contributed by atoms with E-state index in [9.17, 15) is 4.79 Å². The van der Waals surface area contributed by atoms with E-state index >= 15 is 0 Å². The van der Waals surface area contributed by atoms with Gasteiger partial charge in [-0.05, 0) is 44.9 Å². The summed E-state index contributed by atoms with van der Waals surface area (Å²) < 4.78 is 17.0. The Balaban J connectivity index is 1.90. The molecule has 0 saturated heterocycles. The second-order valence-corrected chi connectivity index (χ2v) is 7.70. The van der Waals surface area contributed by atoms with Crippen molar-refractivity contribution in [2.45, 2.75) is 59.8 Å². The van der Waals surface area contributed by atoms with Crippen molar-refractivity contribution in [3.63, 3.8) is 0 Å². The molecule has 6 heteroatoms. The van der Waals surface area contributed by atoms with Gasteiger partial charge < -0.3 is 19.2 Å². The molecule has 0 aliphatic heterocycles. The number of carbonyl (C=O) groups is 1. The number of benzene rings is 1. The number of oxazole rings is 1. The molecule has 0 spiro atoms. The number of nitrogens with one attached hydrogen (secondary N) is 1. The minimum atomic E-state index is -0.175. The predicted molar refractivity (Wildman–Crippen MR) is 109 cm³/mol. The van der Waals surface area contributed by atoms with Crippen LogP contribution < -0.4 is 14.8 Å². The standard InChI is InChI=1S/C22H32N2O4/c1-7-26-17-10-9-16(13-19(17)27-8-2)11-12-23-20(25)14-18-15(3)24-21(28-18)22(4,5)6/h9-10,13H,7-8,11-12,14H2,1-6H3,(H,23,25). The molecule has 6 nitrogen and oxygen atoms in total. The van der Waals surface area contributed by atoms with Crippen molar-refractivity contribution in [2.24, 2.45) is 0 Å². The highest BCUT2D eigenvalue weighted by molar-refractivity contribution is 5.78. The number of hydrogen-bond acceptors (Lipinski definition) is 5. The van der Waals surface area contributed by atoms with E-state index in [1.807, 2.05) is 59.7 Å². The molecule has 1 heterocycles. The highest BCUT2D eigenvalue weighted by Gasteiger charge is 2.23. The van der Waals surface area contributed by atoms with E-state index < -0.39 is 0 Å². The monoisotopic (exact) mass is 388 g/mol. The van der Waals surface area contributed by atoms with Crippen LogP contribution in [0.3, 0.4) is 0 Å². The molecule has 0 saturated carbocycles. The highest BCUT2D eigenvalue weighted by Crippen LogP contribution is 2.28. The maximum absolute atomic E-state index is 12.3. The van der Waals surface area contributed by atoms with Crippen LogP contribution in [-0.4, -0.2) is 30.6 Å². The fourth-order valence-electron chi connectivity index (χ4n) is 2.72. The van der Waals surface area contributed by atoms with Crippen molar-refractivity contribution >= 4 is 5.91 Å². The van der Waals surface area contributed by atoms with Crippen molar-refractivity contribution in [1.82, 2.24) is 10.3 Å². The Hall–Kier alpha value is -2.50. The summed E-state index contributed by atoms with van der Waals surface area (Å²) in [5.74, 6) is 2.69. The van der Waals surface area contributed by atoms with E-state index in [0.29, 0.717) is 37.8 Å². The summed E-state index contributed by atoms with van der Waals surface area (Å²) in [6.07, 6.45) is 0.906. The average Bonchev–Trinajstić information content (AvgIpc) is 2.98. The molecule has 0 unspecified atom stereocenters. The number of amides is 1. The number of nitrogens with zero attached hydrogens (tertiary/aromatic N) is 1. The molecule has 0 radical (unpaired) electrons. The number of aromatic nitrogens is 1. The molecule has 154 valence electrons. The van der Waals surface area contributed by atoms with Crippen molar-refractivity contribution < 1.29 is 18.7 Å². The fraction of sp³-hybridized carbons (Fsp3) is 0.545. The van der Waals surface area contributed by atoms with Crippen LogP contribution in [0.15, 0.2) is 22.6 Å². The van der Waals surface area contributed by atoms with Crippen molar-refractivity contribution in [1.29, 1.82) is 0 Å². The van der Waals surface area contributed by atoms with Gasteiger partial charge in [-0.2, -0.15) is 0 Å². The molecule has 0 fully saturated rings. The third kappa shape index (κ3) is 6.01. The lowest BCUT2D eigenvalue weighted by atomic mass is 9.97. The smallest absolute Gasteiger partial charge is 0.227 e. The van der Waals surface area contributed by atoms with Gasteiger partial charge in [-0.3, -0.25) is 4.79 Å². The normalized spacial score (nSPS) is 11.4. The zero-order chi connectivity index (χ0) is 20.7. The minimum absolute atomic E-state index is 0.0734. The van der Waals surface area contributed by atoms with Gasteiger partial charge in [0.1, 0.15) is 5.76 Å². The Kier molecular flexibility index (Phi) is 7.49. The number of rotatable bonds is 9. The zero-order valence-corrected chi connectivity index (χ0v) is 17.8. The van der Waals surface area contributed by atoms with Crippen molar-refractivity contribution in [2.75, 3.05) is 19.8 Å². The molecule has 1 aromatic heterocycles. The second-order valence-electron chi connectivity index (χ2n) is 7.70. The van der Waals surface area contributed by atoms with Crippen LogP contribution in [0, 0.1) is 6.92 Å². The van der Waals surface area contributed by atoms with Crippen molar-refractivity contribution in [3.8, 4) is 11.5 Å². The molecular weight excluding hydrogens is 356 g/mol. The van der Waals surface area contributed by atoms with E-state index in [0.717, 1.165) is 22.8 Å². The summed E-state index contributed by atoms with van der Waals surface area (Å²) >= 11 is 0. The number of ether oxygens (including phenoxy) is 2. The first-order valence-corrected chi connectivity index (χ1v) is 9.86. The molecule has 1 aromatic carbocycles. The molecular formula is C22H32N2O4. The highest BCUT2D eigenvalue weighted by atomic mass is 16.5. The lowest BCUT2D eigenvalue weighted by molar-refractivity contribution is -0.120.